The van der Waals surface area contributed by atoms with Crippen LogP contribution in [0.4, 0.5) is 0 Å². The Morgan fingerprint density at radius 3 is 2.23 bits per heavy atom. The minimum Gasteiger partial charge on any atom is -0.511 e. The predicted molar refractivity (Wildman–Crippen MR) is 208 cm³/mol. The van der Waals surface area contributed by atoms with Crippen molar-refractivity contribution < 1.29 is 30.7 Å². The van der Waals surface area contributed by atoms with Gasteiger partial charge in [0.15, 0.2) is 5.65 Å². The topological polar surface area (TPSA) is 64.2 Å². The summed E-state index contributed by atoms with van der Waals surface area (Å²) in [6.45, 7) is 13.1. The van der Waals surface area contributed by atoms with Gasteiger partial charge in [-0.2, -0.15) is 0 Å². The summed E-state index contributed by atoms with van der Waals surface area (Å²) in [6.07, 6.45) is 5.49. The van der Waals surface area contributed by atoms with Gasteiger partial charge in [0.25, 0.3) is 6.33 Å². The second-order valence-corrected chi connectivity index (χ2v) is 15.5. The maximum Gasteiger partial charge on any atom is 2.00 e. The standard InChI is InChI=1S/C45H39N6O.Pt/c1-44(2,3)30-26-33(45(4,5)6)41(52)40(27-30)49-28-48(37-21-11-12-22-38(37)49)35-19-9-7-17-32(35)29-15-13-16-31(25-29)50-42-39(23-14-24-46-42)51-36-20-10-8-18-34(36)47-43(50)51;/h7-24,26-27,52H,1-6H3;/q-1;+2. The molecule has 264 valence electrons. The van der Waals surface area contributed by atoms with Crippen molar-refractivity contribution in [2.45, 2.75) is 52.4 Å². The molecule has 9 aromatic rings. The summed E-state index contributed by atoms with van der Waals surface area (Å²) in [6, 6.07) is 43.1. The second kappa shape index (κ2) is 12.6. The van der Waals surface area contributed by atoms with E-state index in [0.29, 0.717) is 5.69 Å². The first-order chi connectivity index (χ1) is 25.0. The molecule has 0 radical (unpaired) electrons. The van der Waals surface area contributed by atoms with Gasteiger partial charge in [0, 0.05) is 11.9 Å². The molecule has 0 atom stereocenters. The number of hydrogen-bond acceptors (Lipinski definition) is 3. The molecule has 0 fully saturated rings. The molecule has 0 bridgehead atoms. The predicted octanol–water partition coefficient (Wildman–Crippen LogP) is 9.61. The Balaban J connectivity index is 0.00000400. The number of para-hydroxylation sites is 5. The summed E-state index contributed by atoms with van der Waals surface area (Å²) in [7, 11) is 0. The molecule has 0 aliphatic carbocycles. The summed E-state index contributed by atoms with van der Waals surface area (Å²) in [5.74, 6) is 1.05. The first-order valence-corrected chi connectivity index (χ1v) is 17.7. The zero-order chi connectivity index (χ0) is 35.9. The van der Waals surface area contributed by atoms with Gasteiger partial charge in [-0.3, -0.25) is 18.1 Å². The summed E-state index contributed by atoms with van der Waals surface area (Å²) in [5.41, 5.74) is 11.8. The third-order valence-electron chi connectivity index (χ3n) is 9.99. The van der Waals surface area contributed by atoms with Gasteiger partial charge in [0.2, 0.25) is 5.78 Å². The number of fused-ring (bicyclic) bond motifs is 6. The van der Waals surface area contributed by atoms with Gasteiger partial charge < -0.3 is 5.11 Å². The first-order valence-electron chi connectivity index (χ1n) is 17.7. The number of nitrogens with zero attached hydrogens (tertiary/aromatic N) is 6. The molecule has 0 saturated heterocycles. The van der Waals surface area contributed by atoms with Crippen molar-refractivity contribution in [1.29, 1.82) is 0 Å². The minimum atomic E-state index is -0.262. The molecule has 0 aliphatic heterocycles. The van der Waals surface area contributed by atoms with Crippen molar-refractivity contribution in [2.75, 3.05) is 0 Å². The Labute approximate surface area is 323 Å². The van der Waals surface area contributed by atoms with Crippen LogP contribution in [0.3, 0.4) is 0 Å². The van der Waals surface area contributed by atoms with Gasteiger partial charge in [-0.15, -0.1) is 29.8 Å². The maximum atomic E-state index is 11.9. The van der Waals surface area contributed by atoms with Crippen LogP contribution in [0.2, 0.25) is 0 Å². The summed E-state index contributed by atoms with van der Waals surface area (Å²) in [5, 5.41) is 11.9. The molecule has 7 nitrogen and oxygen atoms in total. The number of pyridine rings is 1. The summed E-state index contributed by atoms with van der Waals surface area (Å²) < 4.78 is 8.35. The Morgan fingerprint density at radius 1 is 0.717 bits per heavy atom. The van der Waals surface area contributed by atoms with Crippen molar-refractivity contribution in [3.63, 3.8) is 0 Å². The molecule has 0 saturated carbocycles. The normalized spacial score (nSPS) is 12.3. The first kappa shape index (κ1) is 34.6. The molecule has 9 rings (SSSR count). The monoisotopic (exact) mass is 874 g/mol. The van der Waals surface area contributed by atoms with E-state index in [0.717, 1.165) is 72.6 Å². The van der Waals surface area contributed by atoms with Crippen molar-refractivity contribution in [1.82, 2.24) is 23.5 Å². The second-order valence-electron chi connectivity index (χ2n) is 15.5. The summed E-state index contributed by atoms with van der Waals surface area (Å²) >= 11 is 0. The molecule has 0 amide bonds. The van der Waals surface area contributed by atoms with Gasteiger partial charge in [-0.05, 0) is 58.0 Å². The number of aromatic nitrogens is 6. The fourth-order valence-corrected chi connectivity index (χ4v) is 7.31. The molecular formula is C45H39N6OPt+. The SMILES string of the molecule is CC(C)(C)c1cc(-n2[c-][n+](-c3ccccc3-c3[c-]c(-n4c5ncccc5n5c6ccccc6nc45)ccc3)c3ccccc32)c(O)c(C(C)(C)C)c1.[Pt+2]. The van der Waals surface area contributed by atoms with E-state index in [4.69, 9.17) is 9.97 Å². The fraction of sp³-hybridized carbons (Fsp3) is 0.178. The fourth-order valence-electron chi connectivity index (χ4n) is 7.31. The number of phenols is 1. The average Bonchev–Trinajstić information content (AvgIpc) is 3.80. The molecule has 0 unspecified atom stereocenters. The third kappa shape index (κ3) is 5.57. The van der Waals surface area contributed by atoms with Crippen molar-refractivity contribution in [2.24, 2.45) is 0 Å². The van der Waals surface area contributed by atoms with Crippen molar-refractivity contribution in [3.8, 4) is 33.9 Å². The van der Waals surface area contributed by atoms with Crippen LogP contribution in [0.25, 0.3) is 67.2 Å². The molecule has 8 heteroatoms. The van der Waals surface area contributed by atoms with E-state index in [1.165, 1.54) is 0 Å². The molecule has 5 aromatic carbocycles. The molecule has 53 heavy (non-hydrogen) atoms. The summed E-state index contributed by atoms with van der Waals surface area (Å²) in [4.78, 5) is 9.85. The Hall–Kier alpha value is -5.52. The van der Waals surface area contributed by atoms with E-state index in [1.807, 2.05) is 53.2 Å². The number of rotatable bonds is 4. The molecule has 4 aromatic heterocycles. The van der Waals surface area contributed by atoms with Gasteiger partial charge in [-0.25, -0.2) is 9.97 Å². The Morgan fingerprint density at radius 2 is 1.43 bits per heavy atom. The van der Waals surface area contributed by atoms with Crippen LogP contribution in [0.5, 0.6) is 5.75 Å². The number of imidazole rings is 3. The number of aromatic hydroxyl groups is 1. The quantitative estimate of drug-likeness (QED) is 0.142. The van der Waals surface area contributed by atoms with E-state index >= 15 is 0 Å². The zero-order valence-electron chi connectivity index (χ0n) is 30.5. The maximum absolute atomic E-state index is 11.9. The molecule has 0 aliphatic rings. The van der Waals surface area contributed by atoms with Crippen LogP contribution in [-0.4, -0.2) is 28.6 Å². The van der Waals surface area contributed by atoms with Gasteiger partial charge in [0.1, 0.15) is 11.4 Å². The molecule has 1 N–H and O–H groups in total. The van der Waals surface area contributed by atoms with E-state index in [1.54, 1.807) is 0 Å². The van der Waals surface area contributed by atoms with Crippen LogP contribution in [0.1, 0.15) is 52.7 Å². The van der Waals surface area contributed by atoms with E-state index in [-0.39, 0.29) is 37.6 Å². The average molecular weight is 875 g/mol. The van der Waals surface area contributed by atoms with Gasteiger partial charge in [-0.1, -0.05) is 114 Å². The van der Waals surface area contributed by atoms with Crippen LogP contribution in [0, 0.1) is 12.4 Å². The number of phenolic OH excluding ortho intramolecular Hbond substituents is 1. The van der Waals surface area contributed by atoms with Crippen molar-refractivity contribution in [3.05, 3.63) is 145 Å². The van der Waals surface area contributed by atoms with Crippen LogP contribution in [0.15, 0.2) is 121 Å². The molecule has 0 spiro atoms. The van der Waals surface area contributed by atoms with Crippen LogP contribution in [-0.2, 0) is 31.9 Å². The smallest absolute Gasteiger partial charge is 0.511 e. The number of benzene rings is 5. The molecular weight excluding hydrogens is 836 g/mol. The molecule has 4 heterocycles. The Bertz CT molecular complexity index is 2850. The van der Waals surface area contributed by atoms with E-state index in [2.05, 4.69) is 140 Å². The van der Waals surface area contributed by atoms with Crippen LogP contribution >= 0.6 is 0 Å². The zero-order valence-corrected chi connectivity index (χ0v) is 32.8. The van der Waals surface area contributed by atoms with E-state index in [9.17, 15) is 5.11 Å². The van der Waals surface area contributed by atoms with Gasteiger partial charge in [0.05, 0.1) is 27.6 Å². The van der Waals surface area contributed by atoms with Crippen LogP contribution < -0.4 is 4.57 Å². The van der Waals surface area contributed by atoms with Crippen molar-refractivity contribution >= 4 is 39.0 Å². The minimum absolute atomic E-state index is 0. The Kier molecular flexibility index (Phi) is 8.19. The van der Waals surface area contributed by atoms with Gasteiger partial charge >= 0.3 is 21.1 Å². The number of hydrogen-bond donors (Lipinski definition) is 1. The largest absolute Gasteiger partial charge is 2.00 e. The third-order valence-corrected chi connectivity index (χ3v) is 9.99. The van der Waals surface area contributed by atoms with E-state index < -0.39 is 0 Å².